The van der Waals surface area contributed by atoms with Gasteiger partial charge in [0.2, 0.25) is 0 Å². The minimum absolute atomic E-state index is 0. The molecule has 0 aromatic rings. The summed E-state index contributed by atoms with van der Waals surface area (Å²) in [6.07, 6.45) is 11.3. The van der Waals surface area contributed by atoms with Crippen LogP contribution in [0.4, 0.5) is 0 Å². The molecule has 0 radical (unpaired) electrons. The van der Waals surface area contributed by atoms with Gasteiger partial charge in [-0.2, -0.15) is 0 Å². The van der Waals surface area contributed by atoms with Crippen LogP contribution in [-0.2, 0) is 26.2 Å². The van der Waals surface area contributed by atoms with E-state index < -0.39 is 0 Å². The van der Waals surface area contributed by atoms with Gasteiger partial charge in [0.25, 0.3) is 0 Å². The van der Waals surface area contributed by atoms with Crippen LogP contribution in [0.5, 0.6) is 0 Å². The van der Waals surface area contributed by atoms with E-state index in [-0.39, 0.29) is 26.2 Å². The predicted octanol–water partition coefficient (Wildman–Crippen LogP) is 7.45. The van der Waals surface area contributed by atoms with Crippen LogP contribution in [0.15, 0.2) is 22.3 Å². The Balaban J connectivity index is 0.00000441. The molecule has 0 spiro atoms. The van der Waals surface area contributed by atoms with Crippen LogP contribution < -0.4 is 0 Å². The van der Waals surface area contributed by atoms with Gasteiger partial charge in [0.05, 0.1) is 0 Å². The Hall–Kier alpha value is 0.363. The minimum atomic E-state index is 0. The molecule has 1 aliphatic carbocycles. The van der Waals surface area contributed by atoms with Gasteiger partial charge in [0, 0.05) is 32.1 Å². The summed E-state index contributed by atoms with van der Waals surface area (Å²) in [6, 6.07) is 0. The van der Waals surface area contributed by atoms with Gasteiger partial charge in [-0.15, -0.1) is 0 Å². The number of hydrogen-bond donors (Lipinski definition) is 0. The van der Waals surface area contributed by atoms with Gasteiger partial charge in [-0.1, -0.05) is 76.9 Å². The van der Waals surface area contributed by atoms with Crippen LogP contribution in [0.2, 0.25) is 0 Å². The fourth-order valence-electron chi connectivity index (χ4n) is 4.20. The summed E-state index contributed by atoms with van der Waals surface area (Å²) in [5.41, 5.74) is 6.75. The molecule has 0 fully saturated rings. The van der Waals surface area contributed by atoms with E-state index in [9.17, 15) is 0 Å². The average molecular weight is 382 g/mol. The molecule has 22 heavy (non-hydrogen) atoms. The molecule has 0 aromatic heterocycles. The molecule has 0 saturated carbocycles. The van der Waals surface area contributed by atoms with Crippen molar-refractivity contribution < 1.29 is 26.2 Å². The van der Waals surface area contributed by atoms with Crippen molar-refractivity contribution in [3.05, 3.63) is 22.3 Å². The fraction of sp³-hybridized carbons (Fsp3) is 0.810. The maximum Gasteiger partial charge on any atom is 0.00643 e. The van der Waals surface area contributed by atoms with Crippen molar-refractivity contribution in [1.82, 2.24) is 0 Å². The third-order valence-corrected chi connectivity index (χ3v) is 5.82. The Kier molecular flexibility index (Phi) is 10.4. The normalized spacial score (nSPS) is 16.5. The maximum absolute atomic E-state index is 2.48. The Morgan fingerprint density at radius 2 is 1.14 bits per heavy atom. The second-order valence-corrected chi connectivity index (χ2v) is 7.91. The largest absolute Gasteiger partial charge is 0.0654 e. The van der Waals surface area contributed by atoms with E-state index in [1.54, 1.807) is 22.3 Å². The molecule has 1 heteroatoms. The molecule has 0 nitrogen and oxygen atoms in total. The van der Waals surface area contributed by atoms with Crippen LogP contribution in [0.3, 0.4) is 0 Å². The molecule has 0 aliphatic heterocycles. The summed E-state index contributed by atoms with van der Waals surface area (Å²) in [5.74, 6) is 0.678. The van der Waals surface area contributed by atoms with Gasteiger partial charge in [0.1, 0.15) is 0 Å². The summed E-state index contributed by atoms with van der Waals surface area (Å²) in [7, 11) is 0. The van der Waals surface area contributed by atoms with Gasteiger partial charge < -0.3 is 0 Å². The maximum atomic E-state index is 2.48. The number of unbranched alkanes of at least 4 members (excludes halogenated alkanes) is 6. The smallest absolute Gasteiger partial charge is 0.00643 e. The Morgan fingerprint density at radius 1 is 0.727 bits per heavy atom. The zero-order valence-electron chi connectivity index (χ0n) is 16.2. The molecule has 1 aliphatic rings. The second-order valence-electron chi connectivity index (χ2n) is 7.91. The van der Waals surface area contributed by atoms with Crippen molar-refractivity contribution in [3.63, 3.8) is 0 Å². The summed E-state index contributed by atoms with van der Waals surface area (Å²) < 4.78 is 0. The molecule has 0 aromatic carbocycles. The van der Waals surface area contributed by atoms with Crippen molar-refractivity contribution in [1.29, 1.82) is 0 Å². The predicted molar refractivity (Wildman–Crippen MR) is 96.6 cm³/mol. The first-order chi connectivity index (χ1) is 9.83. The van der Waals surface area contributed by atoms with Crippen molar-refractivity contribution in [2.45, 2.75) is 99.8 Å². The van der Waals surface area contributed by atoms with Crippen LogP contribution in [-0.4, -0.2) is 0 Å². The van der Waals surface area contributed by atoms with Gasteiger partial charge in [-0.25, -0.2) is 0 Å². The third-order valence-electron chi connectivity index (χ3n) is 5.82. The Bertz CT molecular complexity index is 374. The second kappa shape index (κ2) is 10.3. The van der Waals surface area contributed by atoms with E-state index in [1.165, 1.54) is 51.4 Å². The first kappa shape index (κ1) is 22.4. The monoisotopic (exact) mass is 380 g/mol. The topological polar surface area (TPSA) is 0 Å². The SMILES string of the molecule is CCCCCCCCCC(C)(C)C1C(C)=C(C)C(C)=C1C.[Zr]. The molecule has 126 valence electrons. The molecule has 0 bridgehead atoms. The zero-order valence-corrected chi connectivity index (χ0v) is 18.7. The number of rotatable bonds is 9. The van der Waals surface area contributed by atoms with Gasteiger partial charge >= 0.3 is 0 Å². The van der Waals surface area contributed by atoms with E-state index in [2.05, 4.69) is 48.5 Å². The summed E-state index contributed by atoms with van der Waals surface area (Å²) in [4.78, 5) is 0. The standard InChI is InChI=1S/C21H38.Zr/c1-8-9-10-11-12-13-14-15-21(6,7)20-18(4)16(2)17(3)19(20)5;/h20H,8-15H2,1-7H3;. The molecule has 0 heterocycles. The average Bonchev–Trinajstić information content (AvgIpc) is 2.62. The van der Waals surface area contributed by atoms with Crippen molar-refractivity contribution in [3.8, 4) is 0 Å². The summed E-state index contributed by atoms with van der Waals surface area (Å²) in [5, 5.41) is 0. The molecule has 0 atom stereocenters. The van der Waals surface area contributed by atoms with E-state index in [1.807, 2.05) is 0 Å². The van der Waals surface area contributed by atoms with E-state index in [4.69, 9.17) is 0 Å². The minimum Gasteiger partial charge on any atom is -0.0654 e. The van der Waals surface area contributed by atoms with Gasteiger partial charge in [-0.05, 0) is 50.7 Å². The van der Waals surface area contributed by atoms with Crippen LogP contribution in [0.25, 0.3) is 0 Å². The summed E-state index contributed by atoms with van der Waals surface area (Å²) >= 11 is 0. The molecular weight excluding hydrogens is 343 g/mol. The molecule has 1 rings (SSSR count). The quantitative estimate of drug-likeness (QED) is 0.364. The Morgan fingerprint density at radius 3 is 1.59 bits per heavy atom. The first-order valence-corrected chi connectivity index (χ1v) is 9.18. The van der Waals surface area contributed by atoms with Crippen LogP contribution in [0.1, 0.15) is 99.8 Å². The molecule has 0 unspecified atom stereocenters. The molecule has 0 saturated heterocycles. The van der Waals surface area contributed by atoms with Crippen molar-refractivity contribution in [2.24, 2.45) is 11.3 Å². The van der Waals surface area contributed by atoms with Crippen molar-refractivity contribution in [2.75, 3.05) is 0 Å². The van der Waals surface area contributed by atoms with Gasteiger partial charge in [0.15, 0.2) is 0 Å². The number of allylic oxidation sites excluding steroid dienone is 4. The first-order valence-electron chi connectivity index (χ1n) is 9.18. The fourth-order valence-corrected chi connectivity index (χ4v) is 4.20. The summed E-state index contributed by atoms with van der Waals surface area (Å²) in [6.45, 7) is 16.6. The van der Waals surface area contributed by atoms with E-state index in [0.717, 1.165) is 0 Å². The van der Waals surface area contributed by atoms with Crippen LogP contribution >= 0.6 is 0 Å². The molecular formula is C21H38Zr. The molecule has 0 amide bonds. The Labute approximate surface area is 159 Å². The number of hydrogen-bond acceptors (Lipinski definition) is 0. The van der Waals surface area contributed by atoms with E-state index >= 15 is 0 Å². The third kappa shape index (κ3) is 5.77. The van der Waals surface area contributed by atoms with Crippen molar-refractivity contribution >= 4 is 0 Å². The van der Waals surface area contributed by atoms with E-state index in [0.29, 0.717) is 11.3 Å². The zero-order chi connectivity index (χ0) is 16.0. The van der Waals surface area contributed by atoms with Crippen LogP contribution in [0, 0.1) is 11.3 Å². The molecule has 0 N–H and O–H groups in total. The van der Waals surface area contributed by atoms with Gasteiger partial charge in [-0.3, -0.25) is 0 Å².